The van der Waals surface area contributed by atoms with E-state index in [1.54, 1.807) is 0 Å². The van der Waals surface area contributed by atoms with Gasteiger partial charge in [0.25, 0.3) is 0 Å². The fourth-order valence-corrected chi connectivity index (χ4v) is 27.2. The summed E-state index contributed by atoms with van der Waals surface area (Å²) in [5.74, 6) is 0. The standard InChI is InChI=1S/C18H57B2N5Si6/c1-26(2,3)22-19(24(28(7,8)9)29(10,11)12)21-20(23-27(4,5)6)25(30(13,14)15)31(16,17)18/h21-23H,1-18H3. The lowest BCUT2D eigenvalue weighted by molar-refractivity contribution is 0.835. The average molecular weight is 534 g/mol. The molecule has 0 heterocycles. The highest BCUT2D eigenvalue weighted by Gasteiger charge is 2.49. The Bertz CT molecular complexity index is 493. The SMILES string of the molecule is C[Si](C)(C)NB(NB(N[Si](C)(C)C)N([Si](C)(C)C)[Si](C)(C)C)N([Si](C)(C)C)[Si](C)(C)C. The van der Waals surface area contributed by atoms with Crippen LogP contribution in [0, 0.1) is 0 Å². The molecule has 0 aromatic carbocycles. The molecule has 0 radical (unpaired) electrons. The lowest BCUT2D eigenvalue weighted by Gasteiger charge is -2.53. The van der Waals surface area contributed by atoms with Gasteiger partial charge in [-0.05, 0) is 0 Å². The first-order valence-electron chi connectivity index (χ1n) is 12.1. The number of rotatable bonds is 12. The lowest BCUT2D eigenvalue weighted by Crippen LogP contribution is -2.84. The van der Waals surface area contributed by atoms with Crippen LogP contribution in [0.15, 0.2) is 0 Å². The maximum Gasteiger partial charge on any atom is 0.367 e. The maximum atomic E-state index is 4.23. The Morgan fingerprint density at radius 2 is 0.581 bits per heavy atom. The minimum atomic E-state index is -1.56. The largest absolute Gasteiger partial charge is 0.367 e. The topological polar surface area (TPSA) is 42.6 Å². The summed E-state index contributed by atoms with van der Waals surface area (Å²) < 4.78 is 5.84. The normalized spacial score (nSPS) is 15.1. The summed E-state index contributed by atoms with van der Waals surface area (Å²) in [5, 5.41) is 4.23. The molecular formula is C18H57B2N5Si6. The summed E-state index contributed by atoms with van der Waals surface area (Å²) in [6.07, 6.45) is 0. The highest BCUT2D eigenvalue weighted by Crippen LogP contribution is 2.24. The quantitative estimate of drug-likeness (QED) is 0.296. The van der Waals surface area contributed by atoms with Gasteiger partial charge in [0.2, 0.25) is 0 Å². The van der Waals surface area contributed by atoms with E-state index in [0.29, 0.717) is 0 Å². The summed E-state index contributed by atoms with van der Waals surface area (Å²) in [6, 6.07) is 0. The number of hydrogen-bond acceptors (Lipinski definition) is 5. The Morgan fingerprint density at radius 3 is 0.710 bits per heavy atom. The molecular weight excluding hydrogens is 476 g/mol. The van der Waals surface area contributed by atoms with E-state index in [2.05, 4.69) is 141 Å². The van der Waals surface area contributed by atoms with E-state index in [4.69, 9.17) is 0 Å². The molecule has 0 fully saturated rings. The van der Waals surface area contributed by atoms with Crippen LogP contribution in [0.5, 0.6) is 0 Å². The summed E-state index contributed by atoms with van der Waals surface area (Å²) in [7, 11) is -8.82. The van der Waals surface area contributed by atoms with Crippen LogP contribution >= 0.6 is 0 Å². The first-order valence-corrected chi connectivity index (χ1v) is 32.9. The molecule has 184 valence electrons. The van der Waals surface area contributed by atoms with Crippen LogP contribution < -0.4 is 14.9 Å². The van der Waals surface area contributed by atoms with Gasteiger partial charge in [0.05, 0.1) is 0 Å². The van der Waals surface area contributed by atoms with Crippen molar-refractivity contribution in [1.29, 1.82) is 0 Å². The van der Waals surface area contributed by atoms with Gasteiger partial charge < -0.3 is 23.2 Å². The van der Waals surface area contributed by atoms with Crippen LogP contribution in [0.4, 0.5) is 0 Å². The van der Waals surface area contributed by atoms with Crippen LogP contribution in [0.3, 0.4) is 0 Å². The predicted octanol–water partition coefficient (Wildman–Crippen LogP) is 5.34. The molecule has 0 unspecified atom stereocenters. The highest BCUT2D eigenvalue weighted by atomic mass is 28.4. The van der Waals surface area contributed by atoms with Crippen LogP contribution in [0.2, 0.25) is 118 Å². The Morgan fingerprint density at radius 1 is 0.387 bits per heavy atom. The summed E-state index contributed by atoms with van der Waals surface area (Å²) in [4.78, 5) is 8.29. The van der Waals surface area contributed by atoms with E-state index in [9.17, 15) is 0 Å². The fraction of sp³-hybridized carbons (Fsp3) is 1.00. The van der Waals surface area contributed by atoms with Crippen molar-refractivity contribution in [3.05, 3.63) is 0 Å². The van der Waals surface area contributed by atoms with Crippen molar-refractivity contribution in [1.82, 2.24) is 23.2 Å². The van der Waals surface area contributed by atoms with E-state index < -0.39 is 49.4 Å². The smallest absolute Gasteiger partial charge is 0.360 e. The molecule has 0 spiro atoms. The third-order valence-corrected chi connectivity index (χ3v) is 22.0. The van der Waals surface area contributed by atoms with Crippen LogP contribution in [0.25, 0.3) is 0 Å². The van der Waals surface area contributed by atoms with Crippen molar-refractivity contribution < 1.29 is 0 Å². The van der Waals surface area contributed by atoms with Gasteiger partial charge in [0.1, 0.15) is 49.4 Å². The molecule has 5 nitrogen and oxygen atoms in total. The molecule has 13 heteroatoms. The molecule has 0 aliphatic heterocycles. The molecule has 0 amide bonds. The molecule has 0 saturated carbocycles. The fourth-order valence-electron chi connectivity index (χ4n) is 4.89. The van der Waals surface area contributed by atoms with Gasteiger partial charge in [-0.25, -0.2) is 0 Å². The second-order valence-electron chi connectivity index (χ2n) is 15.2. The van der Waals surface area contributed by atoms with Crippen molar-refractivity contribution in [2.75, 3.05) is 0 Å². The van der Waals surface area contributed by atoms with Gasteiger partial charge >= 0.3 is 14.2 Å². The minimum absolute atomic E-state index is 0.217. The third-order valence-electron chi connectivity index (χ3n) is 4.86. The maximum absolute atomic E-state index is 4.23. The van der Waals surface area contributed by atoms with Crippen molar-refractivity contribution in [3.8, 4) is 0 Å². The zero-order valence-electron chi connectivity index (χ0n) is 24.5. The van der Waals surface area contributed by atoms with Crippen molar-refractivity contribution in [2.24, 2.45) is 0 Å². The molecule has 31 heavy (non-hydrogen) atoms. The first kappa shape index (κ1) is 32.2. The Kier molecular flexibility index (Phi) is 10.9. The van der Waals surface area contributed by atoms with Crippen molar-refractivity contribution >= 4 is 63.6 Å². The van der Waals surface area contributed by atoms with E-state index >= 15 is 0 Å². The molecule has 0 aromatic rings. The second-order valence-corrected chi connectivity index (χ2v) is 44.9. The molecule has 3 N–H and O–H groups in total. The van der Waals surface area contributed by atoms with E-state index in [1.807, 2.05) is 0 Å². The predicted molar refractivity (Wildman–Crippen MR) is 165 cm³/mol. The van der Waals surface area contributed by atoms with Crippen LogP contribution in [0.1, 0.15) is 0 Å². The van der Waals surface area contributed by atoms with Gasteiger partial charge in [-0.3, -0.25) is 0 Å². The van der Waals surface area contributed by atoms with Crippen LogP contribution in [-0.4, -0.2) is 71.9 Å². The van der Waals surface area contributed by atoms with Gasteiger partial charge in [-0.2, -0.15) is 0 Å². The monoisotopic (exact) mass is 533 g/mol. The minimum Gasteiger partial charge on any atom is -0.360 e. The van der Waals surface area contributed by atoms with E-state index in [-0.39, 0.29) is 14.2 Å². The van der Waals surface area contributed by atoms with E-state index in [0.717, 1.165) is 0 Å². The summed E-state index contributed by atoms with van der Waals surface area (Å²) in [5.41, 5.74) is 0. The van der Waals surface area contributed by atoms with Crippen molar-refractivity contribution in [2.45, 2.75) is 118 Å². The third kappa shape index (κ3) is 12.0. The van der Waals surface area contributed by atoms with E-state index in [1.165, 1.54) is 0 Å². The number of hydrogen-bond donors (Lipinski definition) is 3. The lowest BCUT2D eigenvalue weighted by atomic mass is 9.84. The molecule has 0 aromatic heterocycles. The number of nitrogens with zero attached hydrogens (tertiary/aromatic N) is 2. The zero-order chi connectivity index (χ0) is 25.4. The first-order chi connectivity index (χ1) is 13.2. The molecule has 0 rings (SSSR count). The highest BCUT2D eigenvalue weighted by molar-refractivity contribution is 7.05. The number of nitrogens with one attached hydrogen (secondary N) is 3. The summed E-state index contributed by atoms with van der Waals surface area (Å²) in [6.45, 7) is 44.8. The van der Waals surface area contributed by atoms with Crippen LogP contribution in [-0.2, 0) is 0 Å². The Balaban J connectivity index is 6.63. The molecule has 0 atom stereocenters. The molecule has 0 aliphatic carbocycles. The van der Waals surface area contributed by atoms with Gasteiger partial charge in [0.15, 0.2) is 0 Å². The molecule has 0 bridgehead atoms. The van der Waals surface area contributed by atoms with Gasteiger partial charge in [0, 0.05) is 0 Å². The van der Waals surface area contributed by atoms with Crippen molar-refractivity contribution in [3.63, 3.8) is 0 Å². The van der Waals surface area contributed by atoms with Gasteiger partial charge in [-0.15, -0.1) is 0 Å². The molecule has 0 saturated heterocycles. The Hall–Kier alpha value is 1.23. The summed E-state index contributed by atoms with van der Waals surface area (Å²) >= 11 is 0. The Labute approximate surface area is 204 Å². The van der Waals surface area contributed by atoms with Gasteiger partial charge in [-0.1, -0.05) is 118 Å². The second kappa shape index (κ2) is 10.5. The average Bonchev–Trinajstić information content (AvgIpc) is 2.25. The zero-order valence-corrected chi connectivity index (χ0v) is 30.5. The molecule has 0 aliphatic rings.